The van der Waals surface area contributed by atoms with Crippen LogP contribution in [0.2, 0.25) is 0 Å². The smallest absolute Gasteiger partial charge is 0.273 e. The van der Waals surface area contributed by atoms with E-state index in [0.29, 0.717) is 17.0 Å². The van der Waals surface area contributed by atoms with Gasteiger partial charge in [0.25, 0.3) is 5.91 Å². The Morgan fingerprint density at radius 2 is 2.00 bits per heavy atom. The lowest BCUT2D eigenvalue weighted by atomic mass is 10.2. The number of nitrogens with two attached hydrogens (primary N) is 1. The first kappa shape index (κ1) is 16.7. The first-order valence-corrected chi connectivity index (χ1v) is 6.91. The van der Waals surface area contributed by atoms with Crippen molar-refractivity contribution in [1.82, 2.24) is 10.7 Å². The average Bonchev–Trinajstić information content (AvgIpc) is 2.44. The second-order valence-electron chi connectivity index (χ2n) is 4.93. The molecule has 1 rings (SSSR count). The number of hydrogen-bond acceptors (Lipinski definition) is 4. The van der Waals surface area contributed by atoms with Crippen LogP contribution in [0, 0.1) is 0 Å². The molecule has 0 heterocycles. The summed E-state index contributed by atoms with van der Waals surface area (Å²) in [7, 11) is 0. The molecular formula is C15H22N4O2. The van der Waals surface area contributed by atoms with Crippen LogP contribution >= 0.6 is 0 Å². The Kier molecular flexibility index (Phi) is 6.39. The van der Waals surface area contributed by atoms with Gasteiger partial charge in [-0.2, -0.15) is 5.10 Å². The Hall–Kier alpha value is -2.37. The van der Waals surface area contributed by atoms with Gasteiger partial charge in [-0.15, -0.1) is 0 Å². The molecule has 1 aromatic carbocycles. The van der Waals surface area contributed by atoms with E-state index in [1.807, 2.05) is 13.8 Å². The number of amides is 2. The second-order valence-corrected chi connectivity index (χ2v) is 4.93. The third-order valence-corrected chi connectivity index (χ3v) is 2.99. The van der Waals surface area contributed by atoms with Crippen LogP contribution in [0.4, 0.5) is 5.69 Å². The Balaban J connectivity index is 2.54. The summed E-state index contributed by atoms with van der Waals surface area (Å²) < 4.78 is 0. The SMILES string of the molecule is CCC(C)NC(=O)C/C(C)=N/NC(=O)c1ccccc1N. The van der Waals surface area contributed by atoms with Crippen molar-refractivity contribution < 1.29 is 9.59 Å². The molecule has 0 saturated heterocycles. The fourth-order valence-corrected chi connectivity index (χ4v) is 1.61. The van der Waals surface area contributed by atoms with Crippen LogP contribution in [-0.4, -0.2) is 23.6 Å². The van der Waals surface area contributed by atoms with Gasteiger partial charge in [0.05, 0.1) is 12.0 Å². The van der Waals surface area contributed by atoms with Crippen LogP contribution in [0.5, 0.6) is 0 Å². The molecule has 1 aromatic rings. The molecule has 0 aliphatic rings. The maximum absolute atomic E-state index is 11.9. The van der Waals surface area contributed by atoms with E-state index in [-0.39, 0.29) is 18.4 Å². The molecule has 0 radical (unpaired) electrons. The van der Waals surface area contributed by atoms with Crippen LogP contribution in [0.15, 0.2) is 29.4 Å². The zero-order valence-corrected chi connectivity index (χ0v) is 12.6. The summed E-state index contributed by atoms with van der Waals surface area (Å²) in [6.07, 6.45) is 1.01. The van der Waals surface area contributed by atoms with Gasteiger partial charge in [0.15, 0.2) is 0 Å². The molecule has 0 aromatic heterocycles. The van der Waals surface area contributed by atoms with Gasteiger partial charge in [0.1, 0.15) is 0 Å². The molecule has 1 atom stereocenters. The van der Waals surface area contributed by atoms with Gasteiger partial charge >= 0.3 is 0 Å². The van der Waals surface area contributed by atoms with Crippen molar-refractivity contribution >= 4 is 23.2 Å². The molecule has 21 heavy (non-hydrogen) atoms. The molecule has 114 valence electrons. The number of rotatable bonds is 6. The first-order chi connectivity index (χ1) is 9.93. The molecule has 0 aliphatic heterocycles. The summed E-state index contributed by atoms with van der Waals surface area (Å²) >= 11 is 0. The maximum Gasteiger partial charge on any atom is 0.273 e. The monoisotopic (exact) mass is 290 g/mol. The Bertz CT molecular complexity index is 540. The number of hydrazone groups is 1. The van der Waals surface area contributed by atoms with E-state index in [9.17, 15) is 9.59 Å². The van der Waals surface area contributed by atoms with Crippen molar-refractivity contribution in [2.45, 2.75) is 39.7 Å². The van der Waals surface area contributed by atoms with Crippen LogP contribution < -0.4 is 16.5 Å². The number of hydrogen-bond donors (Lipinski definition) is 3. The lowest BCUT2D eigenvalue weighted by Crippen LogP contribution is -2.33. The summed E-state index contributed by atoms with van der Waals surface area (Å²) in [6, 6.07) is 6.86. The lowest BCUT2D eigenvalue weighted by Gasteiger charge is -2.11. The van der Waals surface area contributed by atoms with Gasteiger partial charge in [0, 0.05) is 17.4 Å². The minimum absolute atomic E-state index is 0.112. The number of nitrogens with zero attached hydrogens (tertiary/aromatic N) is 1. The number of carbonyl (C=O) groups is 2. The molecule has 4 N–H and O–H groups in total. The van der Waals surface area contributed by atoms with Gasteiger partial charge in [-0.1, -0.05) is 19.1 Å². The summed E-state index contributed by atoms with van der Waals surface area (Å²) in [5.41, 5.74) is 9.38. The molecule has 0 fully saturated rings. The second kappa shape index (κ2) is 8.04. The van der Waals surface area contributed by atoms with E-state index in [0.717, 1.165) is 6.42 Å². The Morgan fingerprint density at radius 3 is 2.62 bits per heavy atom. The van der Waals surface area contributed by atoms with Crippen molar-refractivity contribution in [2.24, 2.45) is 5.10 Å². The highest BCUT2D eigenvalue weighted by atomic mass is 16.2. The number of carbonyl (C=O) groups excluding carboxylic acids is 2. The highest BCUT2D eigenvalue weighted by Gasteiger charge is 2.09. The summed E-state index contributed by atoms with van der Waals surface area (Å²) in [5.74, 6) is -0.506. The maximum atomic E-state index is 11.9. The van der Waals surface area contributed by atoms with E-state index in [4.69, 9.17) is 5.73 Å². The van der Waals surface area contributed by atoms with Crippen molar-refractivity contribution in [3.8, 4) is 0 Å². The summed E-state index contributed by atoms with van der Waals surface area (Å²) in [6.45, 7) is 5.62. The summed E-state index contributed by atoms with van der Waals surface area (Å²) in [4.78, 5) is 23.5. The number of anilines is 1. The molecule has 0 saturated carbocycles. The van der Waals surface area contributed by atoms with Crippen molar-refractivity contribution in [3.05, 3.63) is 29.8 Å². The number of benzene rings is 1. The Labute approximate surface area is 124 Å². The van der Waals surface area contributed by atoms with Crippen LogP contribution in [0.1, 0.15) is 44.0 Å². The topological polar surface area (TPSA) is 96.6 Å². The predicted octanol–water partition coefficient (Wildman–Crippen LogP) is 1.68. The molecule has 0 aliphatic carbocycles. The number of nitrogen functional groups attached to an aromatic ring is 1. The molecular weight excluding hydrogens is 268 g/mol. The van der Waals surface area contributed by atoms with Gasteiger partial charge in [0.2, 0.25) is 5.91 Å². The van der Waals surface area contributed by atoms with E-state index in [1.54, 1.807) is 31.2 Å². The minimum atomic E-state index is -0.394. The fraction of sp³-hybridized carbons (Fsp3) is 0.400. The van der Waals surface area contributed by atoms with E-state index in [1.165, 1.54) is 0 Å². The molecule has 0 spiro atoms. The van der Waals surface area contributed by atoms with Gasteiger partial charge < -0.3 is 11.1 Å². The molecule has 2 amide bonds. The van der Waals surface area contributed by atoms with Gasteiger partial charge in [-0.3, -0.25) is 9.59 Å². The average molecular weight is 290 g/mol. The largest absolute Gasteiger partial charge is 0.398 e. The van der Waals surface area contributed by atoms with Gasteiger partial charge in [-0.05, 0) is 32.4 Å². The predicted molar refractivity (Wildman–Crippen MR) is 83.9 cm³/mol. The summed E-state index contributed by atoms with van der Waals surface area (Å²) in [5, 5.41) is 6.75. The highest BCUT2D eigenvalue weighted by Crippen LogP contribution is 2.09. The fourth-order valence-electron chi connectivity index (χ4n) is 1.61. The van der Waals surface area contributed by atoms with E-state index >= 15 is 0 Å². The quantitative estimate of drug-likeness (QED) is 0.422. The van der Waals surface area contributed by atoms with Crippen molar-refractivity contribution in [2.75, 3.05) is 5.73 Å². The third kappa shape index (κ3) is 5.64. The minimum Gasteiger partial charge on any atom is -0.398 e. The number of para-hydroxylation sites is 1. The van der Waals surface area contributed by atoms with Crippen molar-refractivity contribution in [1.29, 1.82) is 0 Å². The van der Waals surface area contributed by atoms with Crippen LogP contribution in [-0.2, 0) is 4.79 Å². The van der Waals surface area contributed by atoms with Crippen LogP contribution in [0.25, 0.3) is 0 Å². The Morgan fingerprint density at radius 1 is 1.33 bits per heavy atom. The first-order valence-electron chi connectivity index (χ1n) is 6.91. The number of nitrogens with one attached hydrogen (secondary N) is 2. The zero-order valence-electron chi connectivity index (χ0n) is 12.6. The zero-order chi connectivity index (χ0) is 15.8. The molecule has 6 heteroatoms. The van der Waals surface area contributed by atoms with Crippen molar-refractivity contribution in [3.63, 3.8) is 0 Å². The third-order valence-electron chi connectivity index (χ3n) is 2.99. The van der Waals surface area contributed by atoms with E-state index < -0.39 is 5.91 Å². The standard InChI is InChI=1S/C15H22N4O2/c1-4-10(2)17-14(20)9-11(3)18-19-15(21)12-7-5-6-8-13(12)16/h5-8,10H,4,9,16H2,1-3H3,(H,17,20)(H,19,21)/b18-11+. The normalized spacial score (nSPS) is 12.6. The molecule has 1 unspecified atom stereocenters. The van der Waals surface area contributed by atoms with Gasteiger partial charge in [-0.25, -0.2) is 5.43 Å². The molecule has 6 nitrogen and oxygen atoms in total. The molecule has 0 bridgehead atoms. The highest BCUT2D eigenvalue weighted by molar-refractivity contribution is 6.02. The van der Waals surface area contributed by atoms with Crippen LogP contribution in [0.3, 0.4) is 0 Å². The van der Waals surface area contributed by atoms with E-state index in [2.05, 4.69) is 15.8 Å². The lowest BCUT2D eigenvalue weighted by molar-refractivity contribution is -0.120.